The van der Waals surface area contributed by atoms with Crippen LogP contribution in [0.4, 0.5) is 5.69 Å². The zero-order chi connectivity index (χ0) is 12.3. The molecule has 0 bridgehead atoms. The van der Waals surface area contributed by atoms with Crippen molar-refractivity contribution in [2.75, 3.05) is 5.32 Å². The van der Waals surface area contributed by atoms with Crippen LogP contribution in [-0.4, -0.2) is 9.97 Å². The molecule has 0 aliphatic carbocycles. The lowest BCUT2D eigenvalue weighted by atomic mass is 10.1. The van der Waals surface area contributed by atoms with Crippen molar-refractivity contribution >= 4 is 17.3 Å². The minimum atomic E-state index is 0.166. The quantitative estimate of drug-likeness (QED) is 0.842. The summed E-state index contributed by atoms with van der Waals surface area (Å²) in [4.78, 5) is 8.12. The van der Waals surface area contributed by atoms with E-state index in [1.807, 2.05) is 25.1 Å². The molecule has 0 saturated heterocycles. The Morgan fingerprint density at radius 1 is 1.29 bits per heavy atom. The fourth-order valence-corrected chi connectivity index (χ4v) is 1.78. The predicted octanol–water partition coefficient (Wildman–Crippen LogP) is 3.61. The van der Waals surface area contributed by atoms with Crippen LogP contribution in [0.3, 0.4) is 0 Å². The molecule has 4 heteroatoms. The van der Waals surface area contributed by atoms with E-state index < -0.39 is 0 Å². The molecular formula is C13H14ClN3. The van der Waals surface area contributed by atoms with E-state index in [1.54, 1.807) is 18.6 Å². The Morgan fingerprint density at radius 3 is 2.71 bits per heavy atom. The first kappa shape index (κ1) is 11.9. The third kappa shape index (κ3) is 2.94. The zero-order valence-corrected chi connectivity index (χ0v) is 10.6. The smallest absolute Gasteiger partial charge is 0.152 e. The van der Waals surface area contributed by atoms with Gasteiger partial charge >= 0.3 is 0 Å². The van der Waals surface area contributed by atoms with Crippen molar-refractivity contribution in [3.8, 4) is 0 Å². The van der Waals surface area contributed by atoms with E-state index in [0.29, 0.717) is 5.15 Å². The van der Waals surface area contributed by atoms with Crippen LogP contribution in [0.5, 0.6) is 0 Å². The summed E-state index contributed by atoms with van der Waals surface area (Å²) < 4.78 is 0. The van der Waals surface area contributed by atoms with Crippen molar-refractivity contribution in [1.82, 2.24) is 9.97 Å². The molecule has 1 N–H and O–H groups in total. The Balaban J connectivity index is 2.18. The van der Waals surface area contributed by atoms with E-state index >= 15 is 0 Å². The number of anilines is 1. The highest BCUT2D eigenvalue weighted by Gasteiger charge is 2.08. The Morgan fingerprint density at radius 2 is 2.00 bits per heavy atom. The van der Waals surface area contributed by atoms with Gasteiger partial charge in [0.05, 0.1) is 5.69 Å². The second-order valence-corrected chi connectivity index (χ2v) is 4.36. The highest BCUT2D eigenvalue weighted by atomic mass is 35.5. The molecule has 2 rings (SSSR count). The molecule has 0 radical (unpaired) electrons. The second-order valence-electron chi connectivity index (χ2n) is 4.00. The summed E-state index contributed by atoms with van der Waals surface area (Å²) in [5.41, 5.74) is 3.10. The molecule has 0 aliphatic rings. The first-order valence-corrected chi connectivity index (χ1v) is 5.83. The molecule has 17 heavy (non-hydrogen) atoms. The summed E-state index contributed by atoms with van der Waals surface area (Å²) >= 11 is 6.04. The molecule has 2 aromatic rings. The molecule has 0 spiro atoms. The topological polar surface area (TPSA) is 37.8 Å². The fraction of sp³-hybridized carbons (Fsp3) is 0.231. The normalized spacial score (nSPS) is 12.2. The van der Waals surface area contributed by atoms with E-state index in [1.165, 1.54) is 0 Å². The van der Waals surface area contributed by atoms with Gasteiger partial charge in [0, 0.05) is 24.6 Å². The first-order valence-electron chi connectivity index (χ1n) is 5.45. The van der Waals surface area contributed by atoms with Gasteiger partial charge in [-0.05, 0) is 43.2 Å². The van der Waals surface area contributed by atoms with Crippen LogP contribution < -0.4 is 5.32 Å². The molecule has 1 unspecified atom stereocenters. The first-order chi connectivity index (χ1) is 8.16. The monoisotopic (exact) mass is 247 g/mol. The lowest BCUT2D eigenvalue weighted by Crippen LogP contribution is -2.07. The Hall–Kier alpha value is -1.61. The van der Waals surface area contributed by atoms with E-state index in [-0.39, 0.29) is 6.04 Å². The summed E-state index contributed by atoms with van der Waals surface area (Å²) in [5, 5.41) is 3.84. The third-order valence-corrected chi connectivity index (χ3v) is 2.86. The van der Waals surface area contributed by atoms with E-state index in [0.717, 1.165) is 16.8 Å². The van der Waals surface area contributed by atoms with Crippen LogP contribution in [0.1, 0.15) is 24.1 Å². The molecule has 1 atom stereocenters. The zero-order valence-electron chi connectivity index (χ0n) is 9.81. The molecule has 2 heterocycles. The number of rotatable bonds is 3. The minimum Gasteiger partial charge on any atom is -0.376 e. The third-order valence-electron chi connectivity index (χ3n) is 2.55. The van der Waals surface area contributed by atoms with E-state index in [4.69, 9.17) is 11.6 Å². The summed E-state index contributed by atoms with van der Waals surface area (Å²) in [6.45, 7) is 4.07. The standard InChI is InChI=1S/C13H14ClN3/c1-9-7-12(13(14)16-8-9)17-10(2)11-3-5-15-6-4-11/h3-8,10,17H,1-2H3. The number of aromatic nitrogens is 2. The van der Waals surface area contributed by atoms with Gasteiger partial charge in [0.2, 0.25) is 0 Å². The average Bonchev–Trinajstić information content (AvgIpc) is 2.35. The van der Waals surface area contributed by atoms with Gasteiger partial charge in [-0.1, -0.05) is 11.6 Å². The van der Waals surface area contributed by atoms with Gasteiger partial charge < -0.3 is 5.32 Å². The summed E-state index contributed by atoms with van der Waals surface area (Å²) in [6, 6.07) is 6.12. The highest BCUT2D eigenvalue weighted by molar-refractivity contribution is 6.31. The maximum Gasteiger partial charge on any atom is 0.152 e. The average molecular weight is 248 g/mol. The van der Waals surface area contributed by atoms with Crippen LogP contribution in [0.15, 0.2) is 36.8 Å². The van der Waals surface area contributed by atoms with Crippen molar-refractivity contribution in [3.63, 3.8) is 0 Å². The van der Waals surface area contributed by atoms with Gasteiger partial charge in [0.15, 0.2) is 5.15 Å². The molecule has 0 fully saturated rings. The van der Waals surface area contributed by atoms with Gasteiger partial charge in [-0.3, -0.25) is 4.98 Å². The van der Waals surface area contributed by atoms with Gasteiger partial charge in [-0.15, -0.1) is 0 Å². The fourth-order valence-electron chi connectivity index (χ4n) is 1.62. The van der Waals surface area contributed by atoms with E-state index in [2.05, 4.69) is 22.2 Å². The van der Waals surface area contributed by atoms with Gasteiger partial charge in [0.25, 0.3) is 0 Å². The van der Waals surface area contributed by atoms with E-state index in [9.17, 15) is 0 Å². The second kappa shape index (κ2) is 5.15. The van der Waals surface area contributed by atoms with Crippen LogP contribution in [-0.2, 0) is 0 Å². The lowest BCUT2D eigenvalue weighted by molar-refractivity contribution is 0.878. The van der Waals surface area contributed by atoms with Crippen LogP contribution in [0.25, 0.3) is 0 Å². The molecule has 88 valence electrons. The number of hydrogen-bond acceptors (Lipinski definition) is 3. The van der Waals surface area contributed by atoms with Gasteiger partial charge in [0.1, 0.15) is 0 Å². The highest BCUT2D eigenvalue weighted by Crippen LogP contribution is 2.24. The maximum absolute atomic E-state index is 6.04. The number of hydrogen-bond donors (Lipinski definition) is 1. The molecule has 0 saturated carbocycles. The molecular weight excluding hydrogens is 234 g/mol. The lowest BCUT2D eigenvalue weighted by Gasteiger charge is -2.16. The van der Waals surface area contributed by atoms with Gasteiger partial charge in [-0.2, -0.15) is 0 Å². The molecule has 0 amide bonds. The molecule has 3 nitrogen and oxygen atoms in total. The number of aryl methyl sites for hydroxylation is 1. The predicted molar refractivity (Wildman–Crippen MR) is 70.3 cm³/mol. The maximum atomic E-state index is 6.04. The number of pyridine rings is 2. The number of halogens is 1. The van der Waals surface area contributed by atoms with Gasteiger partial charge in [-0.25, -0.2) is 4.98 Å². The van der Waals surface area contributed by atoms with Crippen molar-refractivity contribution in [1.29, 1.82) is 0 Å². The van der Waals surface area contributed by atoms with Crippen molar-refractivity contribution < 1.29 is 0 Å². The Bertz CT molecular complexity index is 499. The summed E-state index contributed by atoms with van der Waals surface area (Å²) in [7, 11) is 0. The van der Waals surface area contributed by atoms with Crippen LogP contribution in [0.2, 0.25) is 5.15 Å². The Kier molecular flexibility index (Phi) is 3.59. The van der Waals surface area contributed by atoms with Crippen molar-refractivity contribution in [2.45, 2.75) is 19.9 Å². The molecule has 2 aromatic heterocycles. The summed E-state index contributed by atoms with van der Waals surface area (Å²) in [6.07, 6.45) is 5.32. The van der Waals surface area contributed by atoms with Crippen molar-refractivity contribution in [2.24, 2.45) is 0 Å². The summed E-state index contributed by atoms with van der Waals surface area (Å²) in [5.74, 6) is 0. The Labute approximate surface area is 106 Å². The number of nitrogens with one attached hydrogen (secondary N) is 1. The number of nitrogens with zero attached hydrogens (tertiary/aromatic N) is 2. The molecule has 0 aromatic carbocycles. The van der Waals surface area contributed by atoms with Crippen LogP contribution >= 0.6 is 11.6 Å². The molecule has 0 aliphatic heterocycles. The SMILES string of the molecule is Cc1cnc(Cl)c(NC(C)c2ccncc2)c1. The van der Waals surface area contributed by atoms with Crippen molar-refractivity contribution in [3.05, 3.63) is 53.1 Å². The minimum absolute atomic E-state index is 0.166. The largest absolute Gasteiger partial charge is 0.376 e. The van der Waals surface area contributed by atoms with Crippen LogP contribution in [0, 0.1) is 6.92 Å².